The Morgan fingerprint density at radius 3 is 2.60 bits per heavy atom. The van der Waals surface area contributed by atoms with Crippen molar-refractivity contribution in [2.75, 3.05) is 24.5 Å². The highest BCUT2D eigenvalue weighted by Crippen LogP contribution is 2.39. The number of amides is 1. The molecular formula is C28H26N6O. The lowest BCUT2D eigenvalue weighted by Crippen LogP contribution is -2.51. The quantitative estimate of drug-likeness (QED) is 0.422. The lowest BCUT2D eigenvalue weighted by molar-refractivity contribution is -0.141. The van der Waals surface area contributed by atoms with E-state index in [-0.39, 0.29) is 5.91 Å². The van der Waals surface area contributed by atoms with E-state index < -0.39 is 5.41 Å². The fraction of sp³-hybridized carbons (Fsp3) is 0.250. The van der Waals surface area contributed by atoms with Crippen molar-refractivity contribution >= 4 is 22.8 Å². The predicted octanol–water partition coefficient (Wildman–Crippen LogP) is 4.27. The van der Waals surface area contributed by atoms with Crippen molar-refractivity contribution in [3.05, 3.63) is 91.0 Å². The van der Waals surface area contributed by atoms with Gasteiger partial charge in [0.25, 0.3) is 0 Å². The number of aromatic nitrogens is 4. The summed E-state index contributed by atoms with van der Waals surface area (Å²) >= 11 is 0. The molecule has 0 radical (unpaired) electrons. The zero-order valence-corrected chi connectivity index (χ0v) is 19.4. The molecule has 0 unspecified atom stereocenters. The summed E-state index contributed by atoms with van der Waals surface area (Å²) in [6, 6.07) is 16.1. The minimum atomic E-state index is -0.443. The van der Waals surface area contributed by atoms with E-state index >= 15 is 0 Å². The Labute approximate surface area is 204 Å². The number of hydrogen-bond acceptors (Lipinski definition) is 6. The Morgan fingerprint density at radius 2 is 1.77 bits per heavy atom. The molecule has 2 aromatic heterocycles. The second kappa shape index (κ2) is 8.91. The van der Waals surface area contributed by atoms with Gasteiger partial charge in [-0.1, -0.05) is 42.5 Å². The molecule has 4 heterocycles. The van der Waals surface area contributed by atoms with Gasteiger partial charge in [-0.3, -0.25) is 19.7 Å². The van der Waals surface area contributed by atoms with Crippen molar-refractivity contribution < 1.29 is 4.79 Å². The van der Waals surface area contributed by atoms with Gasteiger partial charge in [-0.15, -0.1) is 0 Å². The first-order valence-corrected chi connectivity index (χ1v) is 12.0. The van der Waals surface area contributed by atoms with Gasteiger partial charge in [-0.25, -0.2) is 4.98 Å². The molecule has 2 aromatic carbocycles. The fourth-order valence-electron chi connectivity index (χ4n) is 5.12. The Kier molecular flexibility index (Phi) is 5.45. The van der Waals surface area contributed by atoms with Crippen LogP contribution in [-0.4, -0.2) is 50.4 Å². The molecule has 1 amide bonds. The van der Waals surface area contributed by atoms with Crippen molar-refractivity contribution in [1.29, 1.82) is 0 Å². The van der Waals surface area contributed by atoms with Crippen LogP contribution in [0.25, 0.3) is 22.3 Å². The number of hydrogen-bond donors (Lipinski definition) is 0. The summed E-state index contributed by atoms with van der Waals surface area (Å²) in [6.45, 7) is 2.77. The Hall–Kier alpha value is -4.13. The maximum Gasteiger partial charge on any atom is 0.233 e. The molecule has 1 spiro atoms. The zero-order valence-electron chi connectivity index (χ0n) is 19.4. The first kappa shape index (κ1) is 21.4. The highest BCUT2D eigenvalue weighted by molar-refractivity contribution is 5.86. The second-order valence-electron chi connectivity index (χ2n) is 9.24. The van der Waals surface area contributed by atoms with E-state index in [4.69, 9.17) is 4.98 Å². The van der Waals surface area contributed by atoms with Gasteiger partial charge < -0.3 is 9.80 Å². The van der Waals surface area contributed by atoms with Crippen LogP contribution in [0.2, 0.25) is 0 Å². The SMILES string of the molecule is O=C1N(Cc2cccc(-c3cnccn3)c2)CC=CC12CCN(c1cnc3ccccc3n1)CC2. The van der Waals surface area contributed by atoms with Crippen molar-refractivity contribution in [3.63, 3.8) is 0 Å². The van der Waals surface area contributed by atoms with Gasteiger partial charge in [-0.2, -0.15) is 0 Å². The average Bonchev–Trinajstić information content (AvgIpc) is 2.92. The van der Waals surface area contributed by atoms with Crippen LogP contribution < -0.4 is 4.90 Å². The molecule has 1 fully saturated rings. The van der Waals surface area contributed by atoms with Crippen molar-refractivity contribution in [1.82, 2.24) is 24.8 Å². The van der Waals surface area contributed by atoms with Crippen LogP contribution in [-0.2, 0) is 11.3 Å². The van der Waals surface area contributed by atoms with Gasteiger partial charge in [-0.05, 0) is 36.6 Å². The van der Waals surface area contributed by atoms with E-state index in [0.717, 1.165) is 59.6 Å². The lowest BCUT2D eigenvalue weighted by Gasteiger charge is -2.43. The van der Waals surface area contributed by atoms with Crippen LogP contribution in [0.3, 0.4) is 0 Å². The summed E-state index contributed by atoms with van der Waals surface area (Å²) in [5.41, 5.74) is 4.29. The molecule has 6 rings (SSSR count). The molecule has 0 aliphatic carbocycles. The standard InChI is InChI=1S/C28H26N6O/c35-27-28(10-15-33(16-11-28)26-19-31-23-7-1-2-8-24(23)32-26)9-4-14-34(27)20-21-5-3-6-22(17-21)25-18-29-12-13-30-25/h1-9,12-13,17-19H,10-11,14-16,20H2. The Bertz CT molecular complexity index is 1400. The predicted molar refractivity (Wildman–Crippen MR) is 135 cm³/mol. The minimum Gasteiger partial charge on any atom is -0.355 e. The van der Waals surface area contributed by atoms with Crippen LogP contribution in [0, 0.1) is 5.41 Å². The van der Waals surface area contributed by atoms with Crippen LogP contribution in [0.15, 0.2) is 85.5 Å². The third-order valence-corrected chi connectivity index (χ3v) is 7.05. The summed E-state index contributed by atoms with van der Waals surface area (Å²) in [5, 5.41) is 0. The number of fused-ring (bicyclic) bond motifs is 1. The molecule has 4 aromatic rings. The van der Waals surface area contributed by atoms with Crippen molar-refractivity contribution in [3.8, 4) is 11.3 Å². The van der Waals surface area contributed by atoms with Gasteiger partial charge in [0.15, 0.2) is 0 Å². The first-order valence-electron chi connectivity index (χ1n) is 12.0. The number of rotatable bonds is 4. The molecular weight excluding hydrogens is 436 g/mol. The topological polar surface area (TPSA) is 75.1 Å². The largest absolute Gasteiger partial charge is 0.355 e. The Morgan fingerprint density at radius 1 is 0.914 bits per heavy atom. The molecule has 7 nitrogen and oxygen atoms in total. The Balaban J connectivity index is 1.16. The third-order valence-electron chi connectivity index (χ3n) is 7.05. The summed E-state index contributed by atoms with van der Waals surface area (Å²) in [6.07, 6.45) is 12.8. The molecule has 174 valence electrons. The number of para-hydroxylation sites is 2. The highest BCUT2D eigenvalue weighted by atomic mass is 16.2. The number of benzene rings is 2. The number of piperidine rings is 1. The van der Waals surface area contributed by atoms with Crippen molar-refractivity contribution in [2.24, 2.45) is 5.41 Å². The molecule has 0 bridgehead atoms. The minimum absolute atomic E-state index is 0.217. The van der Waals surface area contributed by atoms with Gasteiger partial charge in [0.1, 0.15) is 5.82 Å². The monoisotopic (exact) mass is 462 g/mol. The van der Waals surface area contributed by atoms with E-state index in [0.29, 0.717) is 13.1 Å². The second-order valence-corrected chi connectivity index (χ2v) is 9.24. The molecule has 7 heteroatoms. The number of carbonyl (C=O) groups excluding carboxylic acids is 1. The maximum absolute atomic E-state index is 13.7. The van der Waals surface area contributed by atoms with E-state index in [9.17, 15) is 4.79 Å². The maximum atomic E-state index is 13.7. The van der Waals surface area contributed by atoms with E-state index in [2.05, 4.69) is 44.1 Å². The van der Waals surface area contributed by atoms with Crippen LogP contribution in [0.1, 0.15) is 18.4 Å². The van der Waals surface area contributed by atoms with Crippen LogP contribution >= 0.6 is 0 Å². The molecule has 2 aliphatic rings. The summed E-state index contributed by atoms with van der Waals surface area (Å²) in [5.74, 6) is 1.10. The molecule has 0 saturated carbocycles. The molecule has 2 aliphatic heterocycles. The lowest BCUT2D eigenvalue weighted by atomic mass is 9.75. The highest BCUT2D eigenvalue weighted by Gasteiger charge is 2.43. The summed E-state index contributed by atoms with van der Waals surface area (Å²) in [4.78, 5) is 35.8. The number of nitrogens with zero attached hydrogens (tertiary/aromatic N) is 6. The van der Waals surface area contributed by atoms with Gasteiger partial charge in [0.05, 0.1) is 34.5 Å². The average molecular weight is 463 g/mol. The molecule has 0 N–H and O–H groups in total. The fourth-order valence-corrected chi connectivity index (χ4v) is 5.12. The van der Waals surface area contributed by atoms with E-state index in [1.165, 1.54) is 0 Å². The zero-order chi connectivity index (χ0) is 23.7. The van der Waals surface area contributed by atoms with Gasteiger partial charge in [0.2, 0.25) is 5.91 Å². The smallest absolute Gasteiger partial charge is 0.233 e. The normalized spacial score (nSPS) is 17.3. The number of carbonyl (C=O) groups is 1. The van der Waals surface area contributed by atoms with E-state index in [1.54, 1.807) is 18.6 Å². The summed E-state index contributed by atoms with van der Waals surface area (Å²) < 4.78 is 0. The van der Waals surface area contributed by atoms with Gasteiger partial charge >= 0.3 is 0 Å². The van der Waals surface area contributed by atoms with E-state index in [1.807, 2.05) is 47.5 Å². The third kappa shape index (κ3) is 4.14. The molecule has 0 atom stereocenters. The first-order chi connectivity index (χ1) is 17.2. The molecule has 1 saturated heterocycles. The van der Waals surface area contributed by atoms with Crippen molar-refractivity contribution in [2.45, 2.75) is 19.4 Å². The van der Waals surface area contributed by atoms with Crippen LogP contribution in [0.4, 0.5) is 5.82 Å². The molecule has 35 heavy (non-hydrogen) atoms. The summed E-state index contributed by atoms with van der Waals surface area (Å²) in [7, 11) is 0. The number of anilines is 1. The van der Waals surface area contributed by atoms with Gasteiger partial charge in [0, 0.05) is 44.1 Å². The van der Waals surface area contributed by atoms with Crippen LogP contribution in [0.5, 0.6) is 0 Å².